The third-order valence-corrected chi connectivity index (χ3v) is 8.91. The minimum absolute atomic E-state index is 0.0276. The van der Waals surface area contributed by atoms with Crippen molar-refractivity contribution < 1.29 is 14.6 Å². The standard InChI is InChI=1S/C12H28BNO3Si/c1-12(2,3)18(5,6)17-11-7-10(9-15)14(8-11)13(4)16/h10-11,15-16H,7-9H2,1-6H3/t10-,11+/m1/s1. The molecule has 4 nitrogen and oxygen atoms in total. The Morgan fingerprint density at radius 1 is 1.39 bits per heavy atom. The van der Waals surface area contributed by atoms with E-state index in [1.165, 1.54) is 0 Å². The first kappa shape index (κ1) is 16.2. The van der Waals surface area contributed by atoms with Crippen LogP contribution >= 0.6 is 0 Å². The van der Waals surface area contributed by atoms with Gasteiger partial charge in [0.25, 0.3) is 0 Å². The lowest BCUT2D eigenvalue weighted by atomic mass is 9.84. The van der Waals surface area contributed by atoms with Crippen molar-refractivity contribution in [1.82, 2.24) is 4.81 Å². The van der Waals surface area contributed by atoms with Gasteiger partial charge in [-0.05, 0) is 31.4 Å². The summed E-state index contributed by atoms with van der Waals surface area (Å²) in [7, 11) is -2.28. The Kier molecular flexibility index (Phi) is 5.06. The molecule has 0 spiro atoms. The first-order valence-corrected chi connectivity index (χ1v) is 9.72. The second kappa shape index (κ2) is 5.63. The van der Waals surface area contributed by atoms with Gasteiger partial charge in [-0.2, -0.15) is 0 Å². The van der Waals surface area contributed by atoms with E-state index in [-0.39, 0.29) is 23.8 Å². The SMILES string of the molecule is CB(O)N1C[C@@H](O[Si](C)(C)C(C)(C)C)C[C@@H]1CO. The van der Waals surface area contributed by atoms with Crippen LogP contribution in [0, 0.1) is 0 Å². The first-order valence-electron chi connectivity index (χ1n) is 6.81. The summed E-state index contributed by atoms with van der Waals surface area (Å²) in [4.78, 5) is 1.93. The van der Waals surface area contributed by atoms with Crippen LogP contribution in [-0.4, -0.2) is 55.6 Å². The minimum Gasteiger partial charge on any atom is -0.437 e. The molecule has 0 radical (unpaired) electrons. The summed E-state index contributed by atoms with van der Waals surface area (Å²) in [6.07, 6.45) is 0.950. The molecule has 0 saturated carbocycles. The molecule has 0 bridgehead atoms. The molecule has 2 N–H and O–H groups in total. The average Bonchev–Trinajstić information content (AvgIpc) is 2.58. The van der Waals surface area contributed by atoms with Crippen LogP contribution in [0.2, 0.25) is 25.0 Å². The molecule has 0 amide bonds. The van der Waals surface area contributed by atoms with Crippen LogP contribution in [0.1, 0.15) is 27.2 Å². The second-order valence-corrected chi connectivity index (χ2v) is 11.7. The van der Waals surface area contributed by atoms with E-state index in [4.69, 9.17) is 4.43 Å². The van der Waals surface area contributed by atoms with Gasteiger partial charge in [-0.1, -0.05) is 20.8 Å². The van der Waals surface area contributed by atoms with Crippen LogP contribution in [0.5, 0.6) is 0 Å². The van der Waals surface area contributed by atoms with Gasteiger partial charge in [-0.15, -0.1) is 0 Å². The molecule has 6 heteroatoms. The second-order valence-electron chi connectivity index (χ2n) is 6.90. The van der Waals surface area contributed by atoms with E-state index in [1.54, 1.807) is 6.82 Å². The number of aliphatic hydroxyl groups excluding tert-OH is 1. The van der Waals surface area contributed by atoms with Gasteiger partial charge in [-0.3, -0.25) is 0 Å². The summed E-state index contributed by atoms with van der Waals surface area (Å²) in [6, 6.07) is 0.0276. The molecular weight excluding hydrogens is 245 g/mol. The van der Waals surface area contributed by atoms with Crippen molar-refractivity contribution in [3.63, 3.8) is 0 Å². The predicted octanol–water partition coefficient (Wildman–Crippen LogP) is 1.55. The molecule has 1 heterocycles. The molecule has 0 unspecified atom stereocenters. The molecule has 106 valence electrons. The highest BCUT2D eigenvalue weighted by Crippen LogP contribution is 2.38. The highest BCUT2D eigenvalue weighted by atomic mass is 28.4. The van der Waals surface area contributed by atoms with E-state index in [1.807, 2.05) is 4.81 Å². The van der Waals surface area contributed by atoms with Crippen molar-refractivity contribution in [2.24, 2.45) is 0 Å². The Balaban J connectivity index is 2.66. The number of hydrogen-bond acceptors (Lipinski definition) is 4. The van der Waals surface area contributed by atoms with Gasteiger partial charge in [0.05, 0.1) is 12.7 Å². The predicted molar refractivity (Wildman–Crippen MR) is 78.1 cm³/mol. The summed E-state index contributed by atoms with van der Waals surface area (Å²) in [5, 5.41) is 19.3. The lowest BCUT2D eigenvalue weighted by Gasteiger charge is -2.38. The molecule has 1 saturated heterocycles. The van der Waals surface area contributed by atoms with E-state index >= 15 is 0 Å². The molecule has 0 aromatic carbocycles. The van der Waals surface area contributed by atoms with Crippen molar-refractivity contribution in [3.8, 4) is 0 Å². The molecule has 1 aliphatic heterocycles. The fourth-order valence-corrected chi connectivity index (χ4v) is 3.57. The molecule has 1 rings (SSSR count). The third kappa shape index (κ3) is 3.57. The monoisotopic (exact) mass is 273 g/mol. The van der Waals surface area contributed by atoms with E-state index in [0.717, 1.165) is 13.0 Å². The molecule has 1 aliphatic rings. The Hall–Kier alpha value is 0.122. The van der Waals surface area contributed by atoms with E-state index < -0.39 is 15.4 Å². The summed E-state index contributed by atoms with van der Waals surface area (Å²) >= 11 is 0. The topological polar surface area (TPSA) is 52.9 Å². The molecule has 2 atom stereocenters. The van der Waals surface area contributed by atoms with E-state index in [2.05, 4.69) is 33.9 Å². The molecule has 0 aliphatic carbocycles. The average molecular weight is 273 g/mol. The lowest BCUT2D eigenvalue weighted by Crippen LogP contribution is -2.45. The van der Waals surface area contributed by atoms with Gasteiger partial charge in [0.2, 0.25) is 0 Å². The van der Waals surface area contributed by atoms with Crippen LogP contribution in [0.25, 0.3) is 0 Å². The number of nitrogens with zero attached hydrogens (tertiary/aromatic N) is 1. The number of hydrogen-bond donors (Lipinski definition) is 2. The van der Waals surface area contributed by atoms with Crippen LogP contribution in [-0.2, 0) is 4.43 Å². The zero-order valence-electron chi connectivity index (χ0n) is 12.6. The minimum atomic E-state index is -1.77. The summed E-state index contributed by atoms with van der Waals surface area (Å²) in [6.45, 7) is 13.7. The van der Waals surface area contributed by atoms with Crippen LogP contribution in [0.3, 0.4) is 0 Å². The number of aliphatic hydroxyl groups is 1. The highest BCUT2D eigenvalue weighted by molar-refractivity contribution is 6.74. The van der Waals surface area contributed by atoms with Crippen molar-refractivity contribution in [1.29, 1.82) is 0 Å². The van der Waals surface area contributed by atoms with Gasteiger partial charge >= 0.3 is 7.05 Å². The molecule has 1 fully saturated rings. The smallest absolute Gasteiger partial charge is 0.376 e. The van der Waals surface area contributed by atoms with Crippen LogP contribution in [0.15, 0.2) is 0 Å². The van der Waals surface area contributed by atoms with Crippen molar-refractivity contribution in [2.45, 2.75) is 64.3 Å². The Bertz CT molecular complexity index is 281. The summed E-state index contributed by atoms with van der Waals surface area (Å²) < 4.78 is 6.35. The van der Waals surface area contributed by atoms with Crippen LogP contribution < -0.4 is 0 Å². The summed E-state index contributed by atoms with van der Waals surface area (Å²) in [5.74, 6) is 0. The van der Waals surface area contributed by atoms with Crippen molar-refractivity contribution >= 4 is 15.4 Å². The quantitative estimate of drug-likeness (QED) is 0.763. The number of rotatable bonds is 4. The third-order valence-electron chi connectivity index (χ3n) is 4.38. The molecule has 18 heavy (non-hydrogen) atoms. The molecule has 0 aromatic heterocycles. The Morgan fingerprint density at radius 2 is 1.94 bits per heavy atom. The summed E-state index contributed by atoms with van der Waals surface area (Å²) in [5.41, 5.74) is 0. The van der Waals surface area contributed by atoms with Gasteiger partial charge in [0, 0.05) is 12.6 Å². The van der Waals surface area contributed by atoms with Gasteiger partial charge in [-0.25, -0.2) is 0 Å². The lowest BCUT2D eigenvalue weighted by molar-refractivity contribution is 0.188. The van der Waals surface area contributed by atoms with Crippen molar-refractivity contribution in [2.75, 3.05) is 13.2 Å². The Labute approximate surface area is 113 Å². The van der Waals surface area contributed by atoms with Gasteiger partial charge < -0.3 is 19.4 Å². The van der Waals surface area contributed by atoms with Crippen LogP contribution in [0.4, 0.5) is 0 Å². The van der Waals surface area contributed by atoms with E-state index in [0.29, 0.717) is 0 Å². The van der Waals surface area contributed by atoms with E-state index in [9.17, 15) is 10.1 Å². The molecule has 0 aromatic rings. The Morgan fingerprint density at radius 3 is 2.28 bits per heavy atom. The molecular formula is C12H28BNO3Si. The first-order chi connectivity index (χ1) is 8.08. The maximum atomic E-state index is 9.70. The normalized spacial score (nSPS) is 26.7. The zero-order chi connectivity index (χ0) is 14.1. The zero-order valence-corrected chi connectivity index (χ0v) is 13.6. The fourth-order valence-electron chi connectivity index (χ4n) is 2.21. The maximum absolute atomic E-state index is 9.70. The maximum Gasteiger partial charge on any atom is 0.376 e. The van der Waals surface area contributed by atoms with Gasteiger partial charge in [0.1, 0.15) is 0 Å². The largest absolute Gasteiger partial charge is 0.437 e. The van der Waals surface area contributed by atoms with Crippen molar-refractivity contribution in [3.05, 3.63) is 0 Å². The fraction of sp³-hybridized carbons (Fsp3) is 1.00. The van der Waals surface area contributed by atoms with Gasteiger partial charge in [0.15, 0.2) is 8.32 Å². The highest BCUT2D eigenvalue weighted by Gasteiger charge is 2.43.